The Balaban J connectivity index is 1.65. The van der Waals surface area contributed by atoms with Gasteiger partial charge in [0, 0.05) is 31.9 Å². The SMILES string of the molecule is C[C@@H]1CCCN(C(=S)Nc2ccc(S(=O)(=O)N3CCCC3)cc2)C1. The van der Waals surface area contributed by atoms with Gasteiger partial charge in [0.25, 0.3) is 0 Å². The highest BCUT2D eigenvalue weighted by Crippen LogP contribution is 2.23. The fourth-order valence-corrected chi connectivity index (χ4v) is 5.16. The van der Waals surface area contributed by atoms with Crippen LogP contribution in [0.25, 0.3) is 0 Å². The maximum absolute atomic E-state index is 12.5. The van der Waals surface area contributed by atoms with Crippen molar-refractivity contribution in [2.75, 3.05) is 31.5 Å². The van der Waals surface area contributed by atoms with Crippen LogP contribution in [0.4, 0.5) is 5.69 Å². The van der Waals surface area contributed by atoms with Crippen LogP contribution in [0.5, 0.6) is 0 Å². The molecular weight excluding hydrogens is 342 g/mol. The predicted molar refractivity (Wildman–Crippen MR) is 101 cm³/mol. The summed E-state index contributed by atoms with van der Waals surface area (Å²) in [5.41, 5.74) is 0.832. The zero-order valence-electron chi connectivity index (χ0n) is 14.1. The maximum Gasteiger partial charge on any atom is 0.243 e. The van der Waals surface area contributed by atoms with Crippen LogP contribution in [-0.4, -0.2) is 48.9 Å². The number of hydrogen-bond acceptors (Lipinski definition) is 3. The Kier molecular flexibility index (Phi) is 5.42. The van der Waals surface area contributed by atoms with Crippen LogP contribution in [0.2, 0.25) is 0 Å². The van der Waals surface area contributed by atoms with Gasteiger partial charge in [-0.1, -0.05) is 6.92 Å². The molecule has 2 fully saturated rings. The molecule has 0 spiro atoms. The lowest BCUT2D eigenvalue weighted by Gasteiger charge is -2.33. The number of nitrogens with one attached hydrogen (secondary N) is 1. The Morgan fingerprint density at radius 3 is 2.42 bits per heavy atom. The molecule has 1 aromatic carbocycles. The standard InChI is InChI=1S/C17H25N3O2S2/c1-14-5-4-10-19(13-14)17(23)18-15-6-8-16(9-7-15)24(21,22)20-11-2-3-12-20/h6-9,14H,2-5,10-13H2,1H3,(H,18,23)/t14-/m1/s1. The van der Waals surface area contributed by atoms with Crippen molar-refractivity contribution >= 4 is 33.0 Å². The fourth-order valence-electron chi connectivity index (χ4n) is 3.36. The van der Waals surface area contributed by atoms with E-state index in [-0.39, 0.29) is 0 Å². The molecule has 0 unspecified atom stereocenters. The molecule has 0 saturated carbocycles. The van der Waals surface area contributed by atoms with Gasteiger partial charge in [0.2, 0.25) is 10.0 Å². The second-order valence-electron chi connectivity index (χ2n) is 6.76. The van der Waals surface area contributed by atoms with Gasteiger partial charge in [-0.3, -0.25) is 0 Å². The zero-order valence-corrected chi connectivity index (χ0v) is 15.7. The first-order valence-electron chi connectivity index (χ1n) is 8.63. The van der Waals surface area contributed by atoms with Crippen LogP contribution in [-0.2, 0) is 10.0 Å². The molecule has 132 valence electrons. The van der Waals surface area contributed by atoms with E-state index in [4.69, 9.17) is 12.2 Å². The summed E-state index contributed by atoms with van der Waals surface area (Å²) < 4.78 is 26.6. The highest BCUT2D eigenvalue weighted by molar-refractivity contribution is 7.89. The summed E-state index contributed by atoms with van der Waals surface area (Å²) >= 11 is 5.49. The van der Waals surface area contributed by atoms with Crippen molar-refractivity contribution in [1.29, 1.82) is 0 Å². The second kappa shape index (κ2) is 7.37. The molecule has 2 aliphatic rings. The topological polar surface area (TPSA) is 52.7 Å². The first-order chi connectivity index (χ1) is 11.5. The van der Waals surface area contributed by atoms with E-state index >= 15 is 0 Å². The van der Waals surface area contributed by atoms with E-state index in [0.29, 0.717) is 23.9 Å². The van der Waals surface area contributed by atoms with Crippen molar-refractivity contribution < 1.29 is 8.42 Å². The molecule has 2 aliphatic heterocycles. The number of piperidine rings is 1. The fraction of sp³-hybridized carbons (Fsp3) is 0.588. The van der Waals surface area contributed by atoms with Gasteiger partial charge < -0.3 is 10.2 Å². The minimum absolute atomic E-state index is 0.354. The van der Waals surface area contributed by atoms with Gasteiger partial charge in [0.15, 0.2) is 5.11 Å². The van der Waals surface area contributed by atoms with Gasteiger partial charge >= 0.3 is 0 Å². The molecule has 0 bridgehead atoms. The van der Waals surface area contributed by atoms with Crippen LogP contribution >= 0.6 is 12.2 Å². The van der Waals surface area contributed by atoms with E-state index in [1.54, 1.807) is 28.6 Å². The van der Waals surface area contributed by atoms with E-state index in [1.165, 1.54) is 6.42 Å². The number of hydrogen-bond donors (Lipinski definition) is 1. The largest absolute Gasteiger partial charge is 0.349 e. The van der Waals surface area contributed by atoms with Crippen LogP contribution in [0, 0.1) is 5.92 Å². The zero-order chi connectivity index (χ0) is 17.2. The van der Waals surface area contributed by atoms with E-state index in [2.05, 4.69) is 17.1 Å². The molecular formula is C17H25N3O2S2. The molecule has 3 rings (SSSR count). The number of sulfonamides is 1. The molecule has 1 atom stereocenters. The molecule has 2 heterocycles. The normalized spacial score (nSPS) is 22.5. The number of thiocarbonyl (C=S) groups is 1. The molecule has 24 heavy (non-hydrogen) atoms. The first-order valence-corrected chi connectivity index (χ1v) is 10.5. The summed E-state index contributed by atoms with van der Waals surface area (Å²) in [4.78, 5) is 2.55. The van der Waals surface area contributed by atoms with Crippen LogP contribution < -0.4 is 5.32 Å². The number of nitrogens with zero attached hydrogens (tertiary/aromatic N) is 2. The lowest BCUT2D eigenvalue weighted by molar-refractivity contribution is 0.276. The Bertz CT molecular complexity index is 682. The van der Waals surface area contributed by atoms with Crippen molar-refractivity contribution in [2.45, 2.75) is 37.5 Å². The number of rotatable bonds is 3. The summed E-state index contributed by atoms with van der Waals surface area (Å²) in [5.74, 6) is 0.659. The van der Waals surface area contributed by atoms with Crippen LogP contribution in [0.15, 0.2) is 29.2 Å². The van der Waals surface area contributed by atoms with Gasteiger partial charge in [-0.15, -0.1) is 0 Å². The highest BCUT2D eigenvalue weighted by Gasteiger charge is 2.27. The maximum atomic E-state index is 12.5. The number of benzene rings is 1. The summed E-state index contributed by atoms with van der Waals surface area (Å²) in [6.45, 7) is 5.46. The molecule has 0 aromatic heterocycles. The molecule has 5 nitrogen and oxygen atoms in total. The van der Waals surface area contributed by atoms with Gasteiger partial charge in [-0.25, -0.2) is 8.42 Å². The van der Waals surface area contributed by atoms with Crippen molar-refractivity contribution in [3.05, 3.63) is 24.3 Å². The molecule has 7 heteroatoms. The third-order valence-corrected chi connectivity index (χ3v) is 7.03. The highest BCUT2D eigenvalue weighted by atomic mass is 32.2. The summed E-state index contributed by atoms with van der Waals surface area (Å²) in [6.07, 6.45) is 4.31. The summed E-state index contributed by atoms with van der Waals surface area (Å²) in [6, 6.07) is 6.92. The second-order valence-corrected chi connectivity index (χ2v) is 9.08. The smallest absolute Gasteiger partial charge is 0.243 e. The summed E-state index contributed by atoms with van der Waals surface area (Å²) in [5, 5.41) is 3.95. The average molecular weight is 368 g/mol. The van der Waals surface area contributed by atoms with Gasteiger partial charge in [-0.2, -0.15) is 4.31 Å². The molecule has 2 saturated heterocycles. The average Bonchev–Trinajstić information content (AvgIpc) is 3.10. The first kappa shape index (κ1) is 17.6. The van der Waals surface area contributed by atoms with Crippen molar-refractivity contribution in [3.8, 4) is 0 Å². The van der Waals surface area contributed by atoms with Crippen LogP contribution in [0.1, 0.15) is 32.6 Å². The van der Waals surface area contributed by atoms with Gasteiger partial charge in [0.1, 0.15) is 0 Å². The third-order valence-electron chi connectivity index (χ3n) is 4.75. The lowest BCUT2D eigenvalue weighted by Crippen LogP contribution is -2.41. The Morgan fingerprint density at radius 2 is 1.79 bits per heavy atom. The molecule has 0 amide bonds. The van der Waals surface area contributed by atoms with E-state index in [9.17, 15) is 8.42 Å². The van der Waals surface area contributed by atoms with Gasteiger partial charge in [0.05, 0.1) is 4.90 Å². The molecule has 0 radical (unpaired) electrons. The monoisotopic (exact) mass is 367 g/mol. The van der Waals surface area contributed by atoms with E-state index < -0.39 is 10.0 Å². The molecule has 0 aliphatic carbocycles. The number of likely N-dealkylation sites (tertiary alicyclic amines) is 1. The Morgan fingerprint density at radius 1 is 1.12 bits per heavy atom. The Labute approximate surface area is 150 Å². The number of anilines is 1. The quantitative estimate of drug-likeness (QED) is 0.833. The van der Waals surface area contributed by atoms with Crippen molar-refractivity contribution in [1.82, 2.24) is 9.21 Å². The lowest BCUT2D eigenvalue weighted by atomic mass is 10.0. The minimum atomic E-state index is -3.35. The van der Waals surface area contributed by atoms with Crippen molar-refractivity contribution in [2.24, 2.45) is 5.92 Å². The van der Waals surface area contributed by atoms with Crippen LogP contribution in [0.3, 0.4) is 0 Å². The van der Waals surface area contributed by atoms with E-state index in [1.807, 2.05) is 0 Å². The van der Waals surface area contributed by atoms with Gasteiger partial charge in [-0.05, 0) is 68.1 Å². The predicted octanol–water partition coefficient (Wildman–Crippen LogP) is 2.90. The molecule has 1 N–H and O–H groups in total. The summed E-state index contributed by atoms with van der Waals surface area (Å²) in [7, 11) is -3.35. The Hall–Kier alpha value is -1.18. The van der Waals surface area contributed by atoms with Crippen molar-refractivity contribution in [3.63, 3.8) is 0 Å². The third kappa shape index (κ3) is 3.90. The van der Waals surface area contributed by atoms with E-state index in [0.717, 1.165) is 43.2 Å². The molecule has 1 aromatic rings. The minimum Gasteiger partial charge on any atom is -0.349 e.